The molecule has 0 amide bonds. The van der Waals surface area contributed by atoms with Crippen LogP contribution in [0.1, 0.15) is 31.1 Å². The van der Waals surface area contributed by atoms with Gasteiger partial charge >= 0.3 is 0 Å². The van der Waals surface area contributed by atoms with Gasteiger partial charge in [-0.15, -0.1) is 0 Å². The molecule has 1 aromatic carbocycles. The van der Waals surface area contributed by atoms with Crippen LogP contribution in [-0.4, -0.2) is 20.2 Å². The Balaban J connectivity index is 3.01. The Morgan fingerprint density at radius 2 is 1.88 bits per heavy atom. The number of carbonyl (C=O) groups excluding carboxylic acids is 1. The van der Waals surface area contributed by atoms with Gasteiger partial charge < -0.3 is 4.43 Å². The highest BCUT2D eigenvalue weighted by molar-refractivity contribution is 6.84. The Hall–Kier alpha value is -0.933. The molecule has 16 heavy (non-hydrogen) atoms. The van der Waals surface area contributed by atoms with Crippen molar-refractivity contribution in [3.8, 4) is 0 Å². The molecule has 0 N–H and O–H groups in total. The minimum Gasteiger partial charge on any atom is -0.408 e. The lowest BCUT2D eigenvalue weighted by molar-refractivity contribution is 0.112. The van der Waals surface area contributed by atoms with Crippen LogP contribution in [0.15, 0.2) is 24.3 Å². The third kappa shape index (κ3) is 3.58. The second-order valence-corrected chi connectivity index (χ2v) is 9.27. The Morgan fingerprint density at radius 1 is 1.25 bits per heavy atom. The summed E-state index contributed by atoms with van der Waals surface area (Å²) in [6.07, 6.45) is 0.880. The lowest BCUT2D eigenvalue weighted by Gasteiger charge is -2.32. The van der Waals surface area contributed by atoms with E-state index in [0.717, 1.165) is 17.0 Å². The van der Waals surface area contributed by atoms with E-state index in [0.29, 0.717) is 0 Å². The van der Waals surface area contributed by atoms with Crippen LogP contribution < -0.4 is 5.19 Å². The molecule has 0 saturated carbocycles. The summed E-state index contributed by atoms with van der Waals surface area (Å²) >= 11 is 0. The summed E-state index contributed by atoms with van der Waals surface area (Å²) in [5.41, 5.74) is 0.572. The van der Waals surface area contributed by atoms with E-state index in [9.17, 15) is 4.79 Å². The van der Waals surface area contributed by atoms with Crippen molar-refractivity contribution in [2.24, 2.45) is 0 Å². The minimum atomic E-state index is -1.92. The summed E-state index contributed by atoms with van der Waals surface area (Å²) in [4.78, 5) is 10.7. The van der Waals surface area contributed by atoms with Gasteiger partial charge in [-0.1, -0.05) is 24.3 Å². The van der Waals surface area contributed by atoms with Gasteiger partial charge in [0.1, 0.15) is 6.29 Å². The zero-order chi connectivity index (χ0) is 12.4. The lowest BCUT2D eigenvalue weighted by Crippen LogP contribution is -2.49. The number of carbonyl (C=O) groups is 1. The molecule has 0 heterocycles. The van der Waals surface area contributed by atoms with Crippen molar-refractivity contribution in [3.63, 3.8) is 0 Å². The van der Waals surface area contributed by atoms with E-state index in [1.54, 1.807) is 0 Å². The summed E-state index contributed by atoms with van der Waals surface area (Å²) in [5.74, 6) is 0. The van der Waals surface area contributed by atoms with Gasteiger partial charge in [0, 0.05) is 11.2 Å². The Kier molecular flexibility index (Phi) is 3.71. The Bertz CT molecular complexity index is 378. The number of hydrogen-bond donors (Lipinski definition) is 0. The van der Waals surface area contributed by atoms with Crippen LogP contribution in [0.3, 0.4) is 0 Å². The summed E-state index contributed by atoms with van der Waals surface area (Å²) in [6.45, 7) is 10.5. The molecule has 0 spiro atoms. The molecular formula is C13H20O2Si. The van der Waals surface area contributed by atoms with E-state index in [1.165, 1.54) is 0 Å². The molecule has 88 valence electrons. The summed E-state index contributed by atoms with van der Waals surface area (Å²) < 4.78 is 6.13. The SMILES string of the molecule is CC(C)(C)O[Si](C)(C)c1cccc(C=O)c1. The molecule has 2 nitrogen and oxygen atoms in total. The number of benzene rings is 1. The molecule has 1 rings (SSSR count). The molecule has 0 atom stereocenters. The van der Waals surface area contributed by atoms with Crippen LogP contribution in [0.4, 0.5) is 0 Å². The second kappa shape index (κ2) is 4.51. The van der Waals surface area contributed by atoms with E-state index < -0.39 is 8.32 Å². The molecule has 0 aliphatic heterocycles. The van der Waals surface area contributed by atoms with Crippen LogP contribution in [0.2, 0.25) is 13.1 Å². The van der Waals surface area contributed by atoms with E-state index >= 15 is 0 Å². The van der Waals surface area contributed by atoms with E-state index in [-0.39, 0.29) is 5.60 Å². The van der Waals surface area contributed by atoms with E-state index in [4.69, 9.17) is 4.43 Å². The molecule has 3 heteroatoms. The Morgan fingerprint density at radius 3 is 2.38 bits per heavy atom. The van der Waals surface area contributed by atoms with Gasteiger partial charge in [-0.05, 0) is 39.1 Å². The lowest BCUT2D eigenvalue weighted by atomic mass is 10.2. The topological polar surface area (TPSA) is 26.3 Å². The van der Waals surface area contributed by atoms with Crippen LogP contribution in [0.5, 0.6) is 0 Å². The van der Waals surface area contributed by atoms with Crippen LogP contribution in [-0.2, 0) is 4.43 Å². The molecule has 0 fully saturated rings. The van der Waals surface area contributed by atoms with Gasteiger partial charge in [0.05, 0.1) is 0 Å². The molecule has 0 radical (unpaired) electrons. The first kappa shape index (κ1) is 13.1. The molecule has 1 aromatic rings. The maximum Gasteiger partial charge on any atom is 0.218 e. The van der Waals surface area contributed by atoms with Crippen molar-refractivity contribution in [1.29, 1.82) is 0 Å². The van der Waals surface area contributed by atoms with Gasteiger partial charge in [-0.25, -0.2) is 0 Å². The monoisotopic (exact) mass is 236 g/mol. The molecule has 0 aliphatic carbocycles. The average Bonchev–Trinajstić information content (AvgIpc) is 2.14. The fourth-order valence-electron chi connectivity index (χ4n) is 1.81. The molecule has 0 unspecified atom stereocenters. The first-order valence-corrected chi connectivity index (χ1v) is 8.41. The van der Waals surface area contributed by atoms with Gasteiger partial charge in [0.15, 0.2) is 0 Å². The maximum atomic E-state index is 10.7. The van der Waals surface area contributed by atoms with Crippen molar-refractivity contribution in [3.05, 3.63) is 29.8 Å². The molecule has 0 saturated heterocycles. The highest BCUT2D eigenvalue weighted by Crippen LogP contribution is 2.16. The number of hydrogen-bond acceptors (Lipinski definition) is 2. The number of aldehydes is 1. The summed E-state index contributed by atoms with van der Waals surface area (Å²) in [5, 5.41) is 1.16. The van der Waals surface area contributed by atoms with E-state index in [2.05, 4.69) is 33.9 Å². The van der Waals surface area contributed by atoms with Crippen LogP contribution in [0, 0.1) is 0 Å². The predicted molar refractivity (Wildman–Crippen MR) is 69.8 cm³/mol. The minimum absolute atomic E-state index is 0.146. The third-order valence-corrected chi connectivity index (χ3v) is 5.10. The first-order chi connectivity index (χ1) is 7.24. The van der Waals surface area contributed by atoms with Crippen molar-refractivity contribution in [1.82, 2.24) is 0 Å². The molecular weight excluding hydrogens is 216 g/mol. The van der Waals surface area contributed by atoms with Crippen molar-refractivity contribution in [2.75, 3.05) is 0 Å². The molecule has 0 bridgehead atoms. The standard InChI is InChI=1S/C13H20O2Si/c1-13(2,3)15-16(4,5)12-8-6-7-11(9-12)10-14/h6-10H,1-5H3. The summed E-state index contributed by atoms with van der Waals surface area (Å²) in [6, 6.07) is 7.72. The number of rotatable bonds is 3. The zero-order valence-corrected chi connectivity index (χ0v) is 11.7. The van der Waals surface area contributed by atoms with Crippen molar-refractivity contribution in [2.45, 2.75) is 39.5 Å². The first-order valence-electron chi connectivity index (χ1n) is 5.50. The van der Waals surface area contributed by atoms with Gasteiger partial charge in [0.25, 0.3) is 0 Å². The fraction of sp³-hybridized carbons (Fsp3) is 0.462. The third-order valence-electron chi connectivity index (χ3n) is 2.28. The highest BCUT2D eigenvalue weighted by Gasteiger charge is 2.30. The maximum absolute atomic E-state index is 10.7. The zero-order valence-electron chi connectivity index (χ0n) is 10.7. The smallest absolute Gasteiger partial charge is 0.218 e. The van der Waals surface area contributed by atoms with Crippen LogP contribution in [0.25, 0.3) is 0 Å². The second-order valence-electron chi connectivity index (χ2n) is 5.47. The highest BCUT2D eigenvalue weighted by atomic mass is 28.4. The quantitative estimate of drug-likeness (QED) is 0.596. The largest absolute Gasteiger partial charge is 0.408 e. The van der Waals surface area contributed by atoms with Crippen LogP contribution >= 0.6 is 0 Å². The summed E-state index contributed by atoms with van der Waals surface area (Å²) in [7, 11) is -1.92. The van der Waals surface area contributed by atoms with E-state index in [1.807, 2.05) is 24.3 Å². The Labute approximate surface area is 98.8 Å². The van der Waals surface area contributed by atoms with Crippen molar-refractivity contribution >= 4 is 19.8 Å². The molecule has 0 aromatic heterocycles. The van der Waals surface area contributed by atoms with Gasteiger partial charge in [-0.2, -0.15) is 0 Å². The fourth-order valence-corrected chi connectivity index (χ4v) is 4.47. The van der Waals surface area contributed by atoms with Gasteiger partial charge in [-0.3, -0.25) is 4.79 Å². The normalized spacial score (nSPS) is 12.6. The predicted octanol–water partition coefficient (Wildman–Crippen LogP) is 2.73. The molecule has 0 aliphatic rings. The van der Waals surface area contributed by atoms with Crippen molar-refractivity contribution < 1.29 is 9.22 Å². The average molecular weight is 236 g/mol. The van der Waals surface area contributed by atoms with Gasteiger partial charge in [0.2, 0.25) is 8.32 Å².